The second-order valence-electron chi connectivity index (χ2n) is 5.23. The maximum absolute atomic E-state index is 12.3. The molecule has 100 valence electrons. The zero-order valence-electron chi connectivity index (χ0n) is 10.8. The summed E-state index contributed by atoms with van der Waals surface area (Å²) < 4.78 is 5.40. The number of nitrogens with two attached hydrogens (primary N) is 1. The molecule has 1 fully saturated rings. The number of rotatable bonds is 2. The summed E-state index contributed by atoms with van der Waals surface area (Å²) in [5.41, 5.74) is 7.23. The minimum absolute atomic E-state index is 0.0505. The van der Waals surface area contributed by atoms with Gasteiger partial charge in [0.1, 0.15) is 11.8 Å². The highest BCUT2D eigenvalue weighted by atomic mass is 16.3. The van der Waals surface area contributed by atoms with Crippen LogP contribution in [-0.2, 0) is 0 Å². The highest BCUT2D eigenvalue weighted by molar-refractivity contribution is 6.05. The number of carbonyl (C=O) groups excluding carboxylic acids is 1. The fourth-order valence-electron chi connectivity index (χ4n) is 2.68. The Labute approximate surface area is 112 Å². The zero-order chi connectivity index (χ0) is 13.2. The molecule has 1 aliphatic rings. The molecule has 1 saturated carbocycles. The molecule has 0 spiro atoms. The molecule has 3 N–H and O–H groups in total. The third-order valence-corrected chi connectivity index (χ3v) is 3.83. The second kappa shape index (κ2) is 5.05. The van der Waals surface area contributed by atoms with Gasteiger partial charge in [-0.1, -0.05) is 18.2 Å². The first-order valence-electron chi connectivity index (χ1n) is 6.76. The molecule has 1 heterocycles. The molecule has 3 rings (SSSR count). The van der Waals surface area contributed by atoms with Gasteiger partial charge in [-0.3, -0.25) is 4.79 Å². The molecule has 2 aromatic rings. The predicted molar refractivity (Wildman–Crippen MR) is 73.9 cm³/mol. The van der Waals surface area contributed by atoms with Gasteiger partial charge in [0.15, 0.2) is 0 Å². The molecule has 19 heavy (non-hydrogen) atoms. The molecule has 0 saturated heterocycles. The van der Waals surface area contributed by atoms with Crippen molar-refractivity contribution < 1.29 is 9.21 Å². The largest absolute Gasteiger partial charge is 0.463 e. The average molecular weight is 258 g/mol. The monoisotopic (exact) mass is 258 g/mol. The van der Waals surface area contributed by atoms with Crippen LogP contribution < -0.4 is 11.1 Å². The van der Waals surface area contributed by atoms with E-state index in [-0.39, 0.29) is 11.9 Å². The van der Waals surface area contributed by atoms with E-state index in [4.69, 9.17) is 10.2 Å². The van der Waals surface area contributed by atoms with Crippen molar-refractivity contribution in [1.82, 2.24) is 5.32 Å². The Bertz CT molecular complexity index is 583. The Hall–Kier alpha value is -1.81. The van der Waals surface area contributed by atoms with Gasteiger partial charge in [0.25, 0.3) is 5.91 Å². The molecule has 1 aliphatic carbocycles. The Balaban J connectivity index is 1.73. The van der Waals surface area contributed by atoms with Crippen molar-refractivity contribution in [2.75, 3.05) is 0 Å². The van der Waals surface area contributed by atoms with Crippen molar-refractivity contribution in [2.24, 2.45) is 5.73 Å². The summed E-state index contributed by atoms with van der Waals surface area (Å²) in [5.74, 6) is -0.0505. The number of nitrogens with one attached hydrogen (secondary N) is 1. The van der Waals surface area contributed by atoms with Gasteiger partial charge in [-0.2, -0.15) is 0 Å². The summed E-state index contributed by atoms with van der Waals surface area (Å²) in [6.07, 6.45) is 5.42. The van der Waals surface area contributed by atoms with Crippen LogP contribution in [-0.4, -0.2) is 18.0 Å². The van der Waals surface area contributed by atoms with Crippen LogP contribution in [0.25, 0.3) is 11.0 Å². The Morgan fingerprint density at radius 2 is 1.95 bits per heavy atom. The number of fused-ring (bicyclic) bond motifs is 1. The summed E-state index contributed by atoms with van der Waals surface area (Å²) in [6, 6.07) is 8.12. The average Bonchev–Trinajstić information content (AvgIpc) is 2.85. The summed E-state index contributed by atoms with van der Waals surface area (Å²) in [5, 5.41) is 3.95. The van der Waals surface area contributed by atoms with E-state index in [1.54, 1.807) is 0 Å². The third-order valence-electron chi connectivity index (χ3n) is 3.83. The van der Waals surface area contributed by atoms with E-state index in [0.717, 1.165) is 36.7 Å². The standard InChI is InChI=1S/C15H18N2O2/c16-10-5-7-11(8-6-10)17-15(18)13-9-19-14-4-2-1-3-12(13)14/h1-4,9-11H,5-8,16H2,(H,17,18). The second-order valence-corrected chi connectivity index (χ2v) is 5.23. The predicted octanol–water partition coefficient (Wildman–Crippen LogP) is 2.43. The van der Waals surface area contributed by atoms with E-state index in [9.17, 15) is 4.79 Å². The van der Waals surface area contributed by atoms with Gasteiger partial charge >= 0.3 is 0 Å². The van der Waals surface area contributed by atoms with E-state index in [2.05, 4.69) is 5.32 Å². The minimum Gasteiger partial charge on any atom is -0.463 e. The number of para-hydroxylation sites is 1. The fourth-order valence-corrected chi connectivity index (χ4v) is 2.68. The van der Waals surface area contributed by atoms with Crippen LogP contribution in [0.1, 0.15) is 36.0 Å². The first-order chi connectivity index (χ1) is 9.24. The molecule has 1 aromatic carbocycles. The molecular weight excluding hydrogens is 240 g/mol. The van der Waals surface area contributed by atoms with Gasteiger partial charge in [0.2, 0.25) is 0 Å². The highest BCUT2D eigenvalue weighted by Crippen LogP contribution is 2.22. The molecule has 1 amide bonds. The van der Waals surface area contributed by atoms with Crippen LogP contribution >= 0.6 is 0 Å². The first-order valence-corrected chi connectivity index (χ1v) is 6.76. The molecule has 1 aromatic heterocycles. The number of amides is 1. The van der Waals surface area contributed by atoms with Crippen molar-refractivity contribution in [3.8, 4) is 0 Å². The van der Waals surface area contributed by atoms with Crippen LogP contribution in [0.2, 0.25) is 0 Å². The van der Waals surface area contributed by atoms with Gasteiger partial charge in [-0.15, -0.1) is 0 Å². The van der Waals surface area contributed by atoms with E-state index >= 15 is 0 Å². The summed E-state index contributed by atoms with van der Waals surface area (Å²) >= 11 is 0. The van der Waals surface area contributed by atoms with Crippen LogP contribution in [0.5, 0.6) is 0 Å². The molecule has 4 nitrogen and oxygen atoms in total. The van der Waals surface area contributed by atoms with Crippen molar-refractivity contribution >= 4 is 16.9 Å². The summed E-state index contributed by atoms with van der Waals surface area (Å²) in [7, 11) is 0. The molecule has 0 aliphatic heterocycles. The SMILES string of the molecule is NC1CCC(NC(=O)c2coc3ccccc23)CC1. The van der Waals surface area contributed by atoms with Crippen molar-refractivity contribution in [3.05, 3.63) is 36.1 Å². The number of furan rings is 1. The lowest BCUT2D eigenvalue weighted by Crippen LogP contribution is -2.40. The smallest absolute Gasteiger partial charge is 0.255 e. The topological polar surface area (TPSA) is 68.3 Å². The molecule has 0 atom stereocenters. The van der Waals surface area contributed by atoms with Crippen LogP contribution in [0.4, 0.5) is 0 Å². The lowest BCUT2D eigenvalue weighted by molar-refractivity contribution is 0.0926. The minimum atomic E-state index is -0.0505. The van der Waals surface area contributed by atoms with Crippen LogP contribution in [0.15, 0.2) is 34.9 Å². The Morgan fingerprint density at radius 1 is 1.21 bits per heavy atom. The van der Waals surface area contributed by atoms with E-state index in [1.807, 2.05) is 24.3 Å². The number of benzene rings is 1. The zero-order valence-corrected chi connectivity index (χ0v) is 10.8. The summed E-state index contributed by atoms with van der Waals surface area (Å²) in [4.78, 5) is 12.3. The maximum atomic E-state index is 12.3. The van der Waals surface area contributed by atoms with Gasteiger partial charge < -0.3 is 15.5 Å². The van der Waals surface area contributed by atoms with Crippen molar-refractivity contribution in [3.63, 3.8) is 0 Å². The highest BCUT2D eigenvalue weighted by Gasteiger charge is 2.22. The first kappa shape index (κ1) is 12.2. The van der Waals surface area contributed by atoms with E-state index in [1.165, 1.54) is 6.26 Å². The molecule has 0 unspecified atom stereocenters. The van der Waals surface area contributed by atoms with Crippen molar-refractivity contribution in [1.29, 1.82) is 0 Å². The van der Waals surface area contributed by atoms with Crippen molar-refractivity contribution in [2.45, 2.75) is 37.8 Å². The van der Waals surface area contributed by atoms with E-state index < -0.39 is 0 Å². The van der Waals surface area contributed by atoms with Gasteiger partial charge in [-0.25, -0.2) is 0 Å². The fraction of sp³-hybridized carbons (Fsp3) is 0.400. The lowest BCUT2D eigenvalue weighted by atomic mass is 9.91. The quantitative estimate of drug-likeness (QED) is 0.869. The number of hydrogen-bond acceptors (Lipinski definition) is 3. The Morgan fingerprint density at radius 3 is 2.74 bits per heavy atom. The molecule has 0 bridgehead atoms. The van der Waals surface area contributed by atoms with Gasteiger partial charge in [-0.05, 0) is 31.7 Å². The Kier molecular flexibility index (Phi) is 3.25. The molecule has 0 radical (unpaired) electrons. The van der Waals surface area contributed by atoms with Gasteiger partial charge in [0, 0.05) is 17.5 Å². The van der Waals surface area contributed by atoms with Gasteiger partial charge in [0.05, 0.1) is 5.56 Å². The third kappa shape index (κ3) is 2.49. The summed E-state index contributed by atoms with van der Waals surface area (Å²) in [6.45, 7) is 0. The molecule has 4 heteroatoms. The number of hydrogen-bond donors (Lipinski definition) is 2. The molecular formula is C15H18N2O2. The lowest BCUT2D eigenvalue weighted by Gasteiger charge is -2.26. The number of carbonyl (C=O) groups is 1. The normalized spacial score (nSPS) is 23.4. The van der Waals surface area contributed by atoms with E-state index in [0.29, 0.717) is 11.6 Å². The maximum Gasteiger partial charge on any atom is 0.255 e. The van der Waals surface area contributed by atoms with Crippen LogP contribution in [0.3, 0.4) is 0 Å². The van der Waals surface area contributed by atoms with Crippen LogP contribution in [0, 0.1) is 0 Å².